The van der Waals surface area contributed by atoms with Gasteiger partial charge in [-0.2, -0.15) is 0 Å². The van der Waals surface area contributed by atoms with Crippen LogP contribution in [0.3, 0.4) is 0 Å². The molecule has 0 aliphatic rings. The fraction of sp³-hybridized carbons (Fsp3) is 0.278. The topological polar surface area (TPSA) is 119 Å². The number of amides is 1. The van der Waals surface area contributed by atoms with E-state index in [0.717, 1.165) is 18.6 Å². The van der Waals surface area contributed by atoms with Crippen LogP contribution in [0.15, 0.2) is 49.7 Å². The van der Waals surface area contributed by atoms with Crippen molar-refractivity contribution in [2.24, 2.45) is 10.7 Å². The first kappa shape index (κ1) is 18.7. The number of furan rings is 2. The van der Waals surface area contributed by atoms with Gasteiger partial charge in [-0.3, -0.25) is 9.79 Å². The molecule has 3 heterocycles. The standard InChI is InChI=1S/C18H21N5O3S/c1-12(24)21-10-14-6-7-16(26-14)15-11-27-18(22-15)23-17(19)20-8-2-4-13-5-3-9-25-13/h3,5-7,9,11H,2,4,8,10H2,1H3,(H,21,24)(H3,19,20,22,23). The number of nitrogens with zero attached hydrogens (tertiary/aromatic N) is 2. The van der Waals surface area contributed by atoms with Gasteiger partial charge in [-0.25, -0.2) is 4.98 Å². The monoisotopic (exact) mass is 387 g/mol. The second-order valence-corrected chi connectivity index (χ2v) is 6.65. The van der Waals surface area contributed by atoms with Crippen LogP contribution < -0.4 is 16.4 Å². The summed E-state index contributed by atoms with van der Waals surface area (Å²) in [6.45, 7) is 2.41. The molecule has 0 aromatic carbocycles. The van der Waals surface area contributed by atoms with Crippen molar-refractivity contribution in [1.82, 2.24) is 10.3 Å². The van der Waals surface area contributed by atoms with Gasteiger partial charge < -0.3 is 25.2 Å². The number of carbonyl (C=O) groups excluding carboxylic acids is 1. The van der Waals surface area contributed by atoms with E-state index < -0.39 is 0 Å². The molecule has 1 amide bonds. The molecule has 0 unspecified atom stereocenters. The van der Waals surface area contributed by atoms with Gasteiger partial charge in [0.05, 0.1) is 12.8 Å². The van der Waals surface area contributed by atoms with Crippen LogP contribution >= 0.6 is 11.3 Å². The van der Waals surface area contributed by atoms with Gasteiger partial charge in [0.15, 0.2) is 16.9 Å². The minimum Gasteiger partial charge on any atom is -0.469 e. The first-order valence-electron chi connectivity index (χ1n) is 8.48. The smallest absolute Gasteiger partial charge is 0.217 e. The fourth-order valence-corrected chi connectivity index (χ4v) is 3.03. The van der Waals surface area contributed by atoms with Gasteiger partial charge in [0.1, 0.15) is 17.2 Å². The Bertz CT molecular complexity index is 898. The van der Waals surface area contributed by atoms with Crippen LogP contribution in [0.25, 0.3) is 11.5 Å². The van der Waals surface area contributed by atoms with E-state index >= 15 is 0 Å². The SMILES string of the molecule is CC(=O)NCc1ccc(-c2csc(NC(N)=NCCCc3ccco3)n2)o1. The third kappa shape index (κ3) is 5.71. The Balaban J connectivity index is 1.49. The van der Waals surface area contributed by atoms with Crippen molar-refractivity contribution >= 4 is 28.3 Å². The van der Waals surface area contributed by atoms with Crippen molar-refractivity contribution < 1.29 is 13.6 Å². The summed E-state index contributed by atoms with van der Waals surface area (Å²) in [5, 5.41) is 8.18. The lowest BCUT2D eigenvalue weighted by molar-refractivity contribution is -0.119. The van der Waals surface area contributed by atoms with Crippen LogP contribution in [0.4, 0.5) is 5.13 Å². The van der Waals surface area contributed by atoms with Gasteiger partial charge >= 0.3 is 0 Å². The number of thiazole rings is 1. The molecule has 0 bridgehead atoms. The first-order valence-corrected chi connectivity index (χ1v) is 9.36. The number of carbonyl (C=O) groups is 1. The summed E-state index contributed by atoms with van der Waals surface area (Å²) in [6, 6.07) is 7.45. The van der Waals surface area contributed by atoms with Crippen molar-refractivity contribution in [3.05, 3.63) is 47.4 Å². The Morgan fingerprint density at radius 2 is 2.22 bits per heavy atom. The molecule has 4 N–H and O–H groups in total. The average Bonchev–Trinajstić information content (AvgIpc) is 3.38. The highest BCUT2D eigenvalue weighted by atomic mass is 32.1. The Labute approximate surface area is 160 Å². The summed E-state index contributed by atoms with van der Waals surface area (Å²) in [5.74, 6) is 2.46. The van der Waals surface area contributed by atoms with E-state index in [1.165, 1.54) is 18.3 Å². The van der Waals surface area contributed by atoms with E-state index in [0.29, 0.717) is 41.4 Å². The number of aliphatic imine (C=N–C) groups is 1. The molecule has 9 heteroatoms. The van der Waals surface area contributed by atoms with Crippen molar-refractivity contribution in [3.8, 4) is 11.5 Å². The molecule has 0 fully saturated rings. The zero-order valence-corrected chi connectivity index (χ0v) is 15.7. The minimum absolute atomic E-state index is 0.105. The van der Waals surface area contributed by atoms with Crippen LogP contribution in [-0.2, 0) is 17.8 Å². The highest BCUT2D eigenvalue weighted by Crippen LogP contribution is 2.26. The number of nitrogens with one attached hydrogen (secondary N) is 2. The molecule has 0 saturated heterocycles. The number of guanidine groups is 1. The van der Waals surface area contributed by atoms with Gasteiger partial charge in [-0.05, 0) is 30.7 Å². The lowest BCUT2D eigenvalue weighted by Crippen LogP contribution is -2.22. The minimum atomic E-state index is -0.105. The van der Waals surface area contributed by atoms with Crippen LogP contribution in [0.1, 0.15) is 24.9 Å². The maximum atomic E-state index is 11.0. The maximum Gasteiger partial charge on any atom is 0.217 e. The molecule has 0 spiro atoms. The third-order valence-electron chi connectivity index (χ3n) is 3.61. The van der Waals surface area contributed by atoms with E-state index in [2.05, 4.69) is 20.6 Å². The average molecular weight is 387 g/mol. The molecule has 27 heavy (non-hydrogen) atoms. The van der Waals surface area contributed by atoms with Crippen LogP contribution in [0.5, 0.6) is 0 Å². The number of aromatic nitrogens is 1. The quantitative estimate of drug-likeness (QED) is 0.311. The molecule has 0 aliphatic heterocycles. The summed E-state index contributed by atoms with van der Waals surface area (Å²) in [4.78, 5) is 19.7. The number of nitrogens with two attached hydrogens (primary N) is 1. The van der Waals surface area contributed by atoms with Gasteiger partial charge in [0.2, 0.25) is 5.91 Å². The molecule has 3 aromatic rings. The Hall–Kier alpha value is -3.07. The van der Waals surface area contributed by atoms with E-state index in [-0.39, 0.29) is 5.91 Å². The first-order chi connectivity index (χ1) is 13.1. The molecular formula is C18H21N5O3S. The van der Waals surface area contributed by atoms with E-state index in [4.69, 9.17) is 14.6 Å². The van der Waals surface area contributed by atoms with E-state index in [1.54, 1.807) is 6.26 Å². The summed E-state index contributed by atoms with van der Waals surface area (Å²) < 4.78 is 11.0. The number of anilines is 1. The van der Waals surface area contributed by atoms with Crippen LogP contribution in [0, 0.1) is 0 Å². The highest BCUT2D eigenvalue weighted by molar-refractivity contribution is 7.14. The summed E-state index contributed by atoms with van der Waals surface area (Å²) in [5.41, 5.74) is 6.60. The Kier molecular flexibility index (Phi) is 6.26. The molecule has 8 nitrogen and oxygen atoms in total. The molecule has 3 aromatic heterocycles. The fourth-order valence-electron chi connectivity index (χ4n) is 2.32. The van der Waals surface area contributed by atoms with Crippen LogP contribution in [-0.4, -0.2) is 23.4 Å². The largest absolute Gasteiger partial charge is 0.469 e. The van der Waals surface area contributed by atoms with Crippen molar-refractivity contribution in [2.75, 3.05) is 11.9 Å². The van der Waals surface area contributed by atoms with Gasteiger partial charge in [0, 0.05) is 25.3 Å². The van der Waals surface area contributed by atoms with E-state index in [9.17, 15) is 4.79 Å². The van der Waals surface area contributed by atoms with Gasteiger partial charge in [-0.15, -0.1) is 11.3 Å². The molecule has 0 saturated carbocycles. The Morgan fingerprint density at radius 3 is 3.00 bits per heavy atom. The molecule has 0 radical (unpaired) electrons. The van der Waals surface area contributed by atoms with Crippen LogP contribution in [0.2, 0.25) is 0 Å². The number of hydrogen-bond donors (Lipinski definition) is 3. The normalized spacial score (nSPS) is 11.5. The van der Waals surface area contributed by atoms with E-state index in [1.807, 2.05) is 29.6 Å². The van der Waals surface area contributed by atoms with Crippen molar-refractivity contribution in [2.45, 2.75) is 26.3 Å². The molecule has 0 aliphatic carbocycles. The molecular weight excluding hydrogens is 366 g/mol. The third-order valence-corrected chi connectivity index (χ3v) is 4.37. The summed E-state index contributed by atoms with van der Waals surface area (Å²) in [6.07, 6.45) is 3.34. The predicted molar refractivity (Wildman–Crippen MR) is 104 cm³/mol. The highest BCUT2D eigenvalue weighted by Gasteiger charge is 2.10. The van der Waals surface area contributed by atoms with Crippen molar-refractivity contribution in [1.29, 1.82) is 0 Å². The number of hydrogen-bond acceptors (Lipinski definition) is 6. The van der Waals surface area contributed by atoms with Crippen molar-refractivity contribution in [3.63, 3.8) is 0 Å². The molecule has 142 valence electrons. The zero-order chi connectivity index (χ0) is 19.1. The Morgan fingerprint density at radius 1 is 1.33 bits per heavy atom. The summed E-state index contributed by atoms with van der Waals surface area (Å²) >= 11 is 1.41. The lowest BCUT2D eigenvalue weighted by Gasteiger charge is -2.01. The number of rotatable bonds is 8. The maximum absolute atomic E-state index is 11.0. The van der Waals surface area contributed by atoms with Gasteiger partial charge in [0.25, 0.3) is 0 Å². The second kappa shape index (κ2) is 9.04. The zero-order valence-electron chi connectivity index (χ0n) is 14.9. The van der Waals surface area contributed by atoms with Gasteiger partial charge in [-0.1, -0.05) is 0 Å². The predicted octanol–water partition coefficient (Wildman–Crippen LogP) is 2.99. The molecule has 0 atom stereocenters. The molecule has 3 rings (SSSR count). The second-order valence-electron chi connectivity index (χ2n) is 5.79. The lowest BCUT2D eigenvalue weighted by atomic mass is 10.2. The summed E-state index contributed by atoms with van der Waals surface area (Å²) in [7, 11) is 0. The number of aryl methyl sites for hydroxylation is 1.